The standard InChI is InChI=1S/C9H8N2O.2C2H6/c1-6(12)8-4-7-2-3-10-9(7)5-11-8;2*1-2/h2-5,10H,1H3;2*1-2H3. The van der Waals surface area contributed by atoms with Crippen molar-refractivity contribution in [2.75, 3.05) is 0 Å². The average Bonchev–Trinajstić information content (AvgIpc) is 2.81. The maximum absolute atomic E-state index is 10.9. The second-order valence-corrected chi connectivity index (χ2v) is 2.69. The Labute approximate surface area is 96.9 Å². The first-order chi connectivity index (χ1) is 7.77. The summed E-state index contributed by atoms with van der Waals surface area (Å²) in [6.45, 7) is 9.51. The van der Waals surface area contributed by atoms with Gasteiger partial charge < -0.3 is 4.98 Å². The third-order valence-electron chi connectivity index (χ3n) is 1.80. The summed E-state index contributed by atoms with van der Waals surface area (Å²) in [4.78, 5) is 17.9. The van der Waals surface area contributed by atoms with Gasteiger partial charge in [-0.3, -0.25) is 9.78 Å². The molecule has 2 aromatic heterocycles. The number of carbonyl (C=O) groups excluding carboxylic acids is 1. The Morgan fingerprint density at radius 1 is 1.25 bits per heavy atom. The minimum atomic E-state index is -0.00176. The number of pyridine rings is 1. The van der Waals surface area contributed by atoms with Crippen LogP contribution in [0, 0.1) is 0 Å². The molecule has 0 unspecified atom stereocenters. The molecule has 0 spiro atoms. The molecule has 16 heavy (non-hydrogen) atoms. The Hall–Kier alpha value is -1.64. The number of aromatic nitrogens is 2. The zero-order valence-corrected chi connectivity index (χ0v) is 10.7. The number of nitrogens with zero attached hydrogens (tertiary/aromatic N) is 1. The van der Waals surface area contributed by atoms with E-state index in [1.165, 1.54) is 6.92 Å². The highest BCUT2D eigenvalue weighted by Crippen LogP contribution is 2.11. The maximum Gasteiger partial charge on any atom is 0.178 e. The number of carbonyl (C=O) groups is 1. The number of fused-ring (bicyclic) bond motifs is 1. The van der Waals surface area contributed by atoms with Gasteiger partial charge in [0.05, 0.1) is 11.7 Å². The van der Waals surface area contributed by atoms with Crippen molar-refractivity contribution in [2.24, 2.45) is 0 Å². The molecule has 0 atom stereocenters. The van der Waals surface area contributed by atoms with Gasteiger partial charge in [0.15, 0.2) is 5.78 Å². The van der Waals surface area contributed by atoms with Gasteiger partial charge >= 0.3 is 0 Å². The Bertz CT molecular complexity index is 432. The number of ketones is 1. The van der Waals surface area contributed by atoms with Gasteiger partial charge in [-0.25, -0.2) is 0 Å². The van der Waals surface area contributed by atoms with Gasteiger partial charge in [-0.15, -0.1) is 0 Å². The fourth-order valence-electron chi connectivity index (χ4n) is 1.14. The molecule has 0 bridgehead atoms. The SMILES string of the molecule is CC.CC.CC(=O)c1cc2cc[nH]c2cn1. The minimum Gasteiger partial charge on any atom is -0.360 e. The summed E-state index contributed by atoms with van der Waals surface area (Å²) in [5.74, 6) is -0.00176. The van der Waals surface area contributed by atoms with Crippen LogP contribution in [-0.4, -0.2) is 15.8 Å². The summed E-state index contributed by atoms with van der Waals surface area (Å²) < 4.78 is 0. The van der Waals surface area contributed by atoms with Crippen molar-refractivity contribution in [1.29, 1.82) is 0 Å². The molecule has 0 aromatic carbocycles. The monoisotopic (exact) mass is 220 g/mol. The zero-order valence-electron chi connectivity index (χ0n) is 10.7. The summed E-state index contributed by atoms with van der Waals surface area (Å²) in [6.07, 6.45) is 3.50. The van der Waals surface area contributed by atoms with Crippen LogP contribution in [0.5, 0.6) is 0 Å². The largest absolute Gasteiger partial charge is 0.360 e. The van der Waals surface area contributed by atoms with Gasteiger partial charge in [0.2, 0.25) is 0 Å². The van der Waals surface area contributed by atoms with E-state index in [1.807, 2.05) is 40.0 Å². The topological polar surface area (TPSA) is 45.8 Å². The first-order valence-corrected chi connectivity index (χ1v) is 5.71. The van der Waals surface area contributed by atoms with E-state index in [9.17, 15) is 4.79 Å². The van der Waals surface area contributed by atoms with Crippen LogP contribution in [0.25, 0.3) is 10.9 Å². The number of H-pyrrole nitrogens is 1. The molecule has 2 rings (SSSR count). The lowest BCUT2D eigenvalue weighted by molar-refractivity contribution is 0.101. The van der Waals surface area contributed by atoms with Crippen LogP contribution >= 0.6 is 0 Å². The molecule has 0 saturated carbocycles. The second-order valence-electron chi connectivity index (χ2n) is 2.69. The van der Waals surface area contributed by atoms with E-state index in [1.54, 1.807) is 12.3 Å². The predicted octanol–water partition coefficient (Wildman–Crippen LogP) is 3.82. The van der Waals surface area contributed by atoms with Gasteiger partial charge in [0, 0.05) is 18.5 Å². The fraction of sp³-hybridized carbons (Fsp3) is 0.385. The van der Waals surface area contributed by atoms with E-state index < -0.39 is 0 Å². The molecule has 3 nitrogen and oxygen atoms in total. The van der Waals surface area contributed by atoms with Crippen LogP contribution < -0.4 is 0 Å². The lowest BCUT2D eigenvalue weighted by Crippen LogP contribution is -1.94. The van der Waals surface area contributed by atoms with Gasteiger partial charge in [0.1, 0.15) is 5.69 Å². The summed E-state index contributed by atoms with van der Waals surface area (Å²) in [7, 11) is 0. The molecule has 3 heteroatoms. The first kappa shape index (κ1) is 14.4. The van der Waals surface area contributed by atoms with Crippen LogP contribution in [0.3, 0.4) is 0 Å². The molecule has 0 saturated heterocycles. The predicted molar refractivity (Wildman–Crippen MR) is 68.8 cm³/mol. The number of hydrogen-bond acceptors (Lipinski definition) is 2. The molecule has 1 N–H and O–H groups in total. The van der Waals surface area contributed by atoms with Crippen molar-refractivity contribution in [2.45, 2.75) is 34.6 Å². The molecule has 88 valence electrons. The summed E-state index contributed by atoms with van der Waals surface area (Å²) >= 11 is 0. The molecule has 0 aliphatic rings. The minimum absolute atomic E-state index is 0.00176. The van der Waals surface area contributed by atoms with E-state index in [4.69, 9.17) is 0 Å². The second kappa shape index (κ2) is 7.63. The van der Waals surface area contributed by atoms with Crippen molar-refractivity contribution in [3.63, 3.8) is 0 Å². The number of hydrogen-bond donors (Lipinski definition) is 1. The highest BCUT2D eigenvalue weighted by atomic mass is 16.1. The highest BCUT2D eigenvalue weighted by molar-refractivity contribution is 5.95. The molecule has 2 aromatic rings. The molecule has 0 aliphatic carbocycles. The lowest BCUT2D eigenvalue weighted by atomic mass is 10.2. The van der Waals surface area contributed by atoms with Gasteiger partial charge in [-0.2, -0.15) is 0 Å². The van der Waals surface area contributed by atoms with E-state index in [0.717, 1.165) is 10.9 Å². The molecular formula is C13H20N2O. The number of nitrogens with one attached hydrogen (secondary N) is 1. The maximum atomic E-state index is 10.9. The van der Waals surface area contributed by atoms with E-state index in [0.29, 0.717) is 5.69 Å². The van der Waals surface area contributed by atoms with E-state index in [-0.39, 0.29) is 5.78 Å². The summed E-state index contributed by atoms with van der Waals surface area (Å²) in [5.41, 5.74) is 1.47. The van der Waals surface area contributed by atoms with Gasteiger partial charge in [-0.05, 0) is 12.1 Å². The Morgan fingerprint density at radius 2 is 1.88 bits per heavy atom. The Kier molecular flexibility index (Phi) is 6.84. The Morgan fingerprint density at radius 3 is 2.44 bits per heavy atom. The number of aromatic amines is 1. The molecule has 2 heterocycles. The lowest BCUT2D eigenvalue weighted by Gasteiger charge is -1.93. The number of rotatable bonds is 1. The smallest absolute Gasteiger partial charge is 0.178 e. The van der Waals surface area contributed by atoms with Crippen LogP contribution in [0.15, 0.2) is 24.5 Å². The van der Waals surface area contributed by atoms with Crippen LogP contribution in [0.1, 0.15) is 45.1 Å². The molecule has 0 amide bonds. The van der Waals surface area contributed by atoms with E-state index >= 15 is 0 Å². The van der Waals surface area contributed by atoms with Crippen molar-refractivity contribution >= 4 is 16.7 Å². The van der Waals surface area contributed by atoms with Gasteiger partial charge in [0.25, 0.3) is 0 Å². The van der Waals surface area contributed by atoms with E-state index in [2.05, 4.69) is 9.97 Å². The third-order valence-corrected chi connectivity index (χ3v) is 1.80. The molecule has 0 aliphatic heterocycles. The third kappa shape index (κ3) is 3.50. The molecule has 0 radical (unpaired) electrons. The highest BCUT2D eigenvalue weighted by Gasteiger charge is 2.01. The Balaban J connectivity index is 0.000000509. The zero-order chi connectivity index (χ0) is 12.6. The van der Waals surface area contributed by atoms with Gasteiger partial charge in [-0.1, -0.05) is 27.7 Å². The normalized spacial score (nSPS) is 8.56. The van der Waals surface area contributed by atoms with Crippen LogP contribution in [-0.2, 0) is 0 Å². The summed E-state index contributed by atoms with van der Waals surface area (Å²) in [5, 5.41) is 1.02. The summed E-state index contributed by atoms with van der Waals surface area (Å²) in [6, 6.07) is 3.71. The quantitative estimate of drug-likeness (QED) is 0.742. The first-order valence-electron chi connectivity index (χ1n) is 5.71. The fourth-order valence-corrected chi connectivity index (χ4v) is 1.14. The van der Waals surface area contributed by atoms with Crippen LogP contribution in [0.2, 0.25) is 0 Å². The molecule has 0 fully saturated rings. The average molecular weight is 220 g/mol. The van der Waals surface area contributed by atoms with Crippen LogP contribution in [0.4, 0.5) is 0 Å². The van der Waals surface area contributed by atoms with Crippen molar-refractivity contribution in [3.8, 4) is 0 Å². The van der Waals surface area contributed by atoms with Crippen molar-refractivity contribution in [1.82, 2.24) is 9.97 Å². The van der Waals surface area contributed by atoms with Crippen molar-refractivity contribution in [3.05, 3.63) is 30.2 Å². The number of Topliss-reactive ketones (excluding diaryl/α,β-unsaturated/α-hetero) is 1. The van der Waals surface area contributed by atoms with Crippen molar-refractivity contribution < 1.29 is 4.79 Å². The molecular weight excluding hydrogens is 200 g/mol.